The van der Waals surface area contributed by atoms with E-state index in [1.54, 1.807) is 24.0 Å². The highest BCUT2D eigenvalue weighted by Gasteiger charge is 2.35. The van der Waals surface area contributed by atoms with E-state index in [9.17, 15) is 18.0 Å². The molecule has 1 amide bonds. The molecule has 1 aliphatic rings. The fourth-order valence-corrected chi connectivity index (χ4v) is 3.77. The number of anilines is 1. The number of hydrogen-bond acceptors (Lipinski definition) is 2. The van der Waals surface area contributed by atoms with Gasteiger partial charge in [-0.3, -0.25) is 4.79 Å². The Morgan fingerprint density at radius 2 is 1.84 bits per heavy atom. The lowest BCUT2D eigenvalue weighted by molar-refractivity contribution is -0.137. The van der Waals surface area contributed by atoms with Crippen molar-refractivity contribution in [3.05, 3.63) is 89.1 Å². The van der Waals surface area contributed by atoms with Gasteiger partial charge < -0.3 is 15.5 Å². The summed E-state index contributed by atoms with van der Waals surface area (Å²) in [6.07, 6.45) is -2.78. The molecule has 1 atom stereocenters. The van der Waals surface area contributed by atoms with Crippen molar-refractivity contribution in [3.63, 3.8) is 0 Å². The zero-order chi connectivity index (χ0) is 22.8. The Bertz CT molecular complexity index is 1040. The van der Waals surface area contributed by atoms with E-state index in [2.05, 4.69) is 17.2 Å². The first kappa shape index (κ1) is 22.6. The number of carbonyl (C=O) groups is 1. The zero-order valence-electron chi connectivity index (χ0n) is 17.1. The van der Waals surface area contributed by atoms with E-state index < -0.39 is 17.8 Å². The molecule has 0 aliphatic carbocycles. The molecule has 0 unspecified atom stereocenters. The molecule has 0 spiro atoms. The van der Waals surface area contributed by atoms with Crippen molar-refractivity contribution in [1.29, 1.82) is 0 Å². The van der Waals surface area contributed by atoms with Crippen LogP contribution in [0, 0.1) is 6.92 Å². The number of rotatable bonds is 5. The van der Waals surface area contributed by atoms with Crippen LogP contribution >= 0.6 is 12.2 Å². The number of allylic oxidation sites excluding steroid dienone is 1. The van der Waals surface area contributed by atoms with E-state index in [4.69, 9.17) is 12.2 Å². The number of aryl methyl sites for hydroxylation is 1. The Kier molecular flexibility index (Phi) is 6.50. The maximum absolute atomic E-state index is 13.3. The minimum Gasteiger partial charge on any atom is -0.351 e. The molecule has 31 heavy (non-hydrogen) atoms. The number of halogens is 3. The Labute approximate surface area is 184 Å². The van der Waals surface area contributed by atoms with Gasteiger partial charge in [-0.25, -0.2) is 0 Å². The number of para-hydroxylation sites is 1. The molecule has 4 nitrogen and oxygen atoms in total. The highest BCUT2D eigenvalue weighted by atomic mass is 32.1. The first-order valence-electron chi connectivity index (χ1n) is 9.57. The Hall–Kier alpha value is -3.13. The maximum Gasteiger partial charge on any atom is 0.416 e. The molecule has 0 saturated carbocycles. The minimum atomic E-state index is -4.44. The third kappa shape index (κ3) is 4.80. The van der Waals surface area contributed by atoms with Gasteiger partial charge in [0, 0.05) is 17.9 Å². The Morgan fingerprint density at radius 3 is 2.42 bits per heavy atom. The average molecular weight is 446 g/mol. The fraction of sp³-hybridized carbons (Fsp3) is 0.217. The Morgan fingerprint density at radius 1 is 1.19 bits per heavy atom. The summed E-state index contributed by atoms with van der Waals surface area (Å²) < 4.78 is 38.9. The number of benzene rings is 2. The standard InChI is InChI=1S/C23H22F3N3OS/c1-4-13-29-15(3)19(21(30)27-18-8-6-5-7-14(18)2)20(28-22(29)31)16-9-11-17(12-10-16)23(24,25)26/h4-12,20H,1,13H2,2-3H3,(H,27,30)(H,28,31)/t20-/m1/s1. The van der Waals surface area contributed by atoms with Gasteiger partial charge in [0.1, 0.15) is 0 Å². The van der Waals surface area contributed by atoms with Crippen LogP contribution in [-0.2, 0) is 11.0 Å². The number of thiocarbonyl (C=S) groups is 1. The van der Waals surface area contributed by atoms with Crippen LogP contribution in [-0.4, -0.2) is 22.5 Å². The topological polar surface area (TPSA) is 44.4 Å². The van der Waals surface area contributed by atoms with E-state index in [0.29, 0.717) is 34.2 Å². The van der Waals surface area contributed by atoms with Gasteiger partial charge in [-0.15, -0.1) is 6.58 Å². The minimum absolute atomic E-state index is 0.360. The maximum atomic E-state index is 13.3. The van der Waals surface area contributed by atoms with Crippen molar-refractivity contribution >= 4 is 28.9 Å². The molecule has 0 fully saturated rings. The van der Waals surface area contributed by atoms with Crippen molar-refractivity contribution < 1.29 is 18.0 Å². The van der Waals surface area contributed by atoms with Crippen molar-refractivity contribution in [1.82, 2.24) is 10.2 Å². The molecular weight excluding hydrogens is 423 g/mol. The second kappa shape index (κ2) is 8.93. The molecule has 3 rings (SSSR count). The lowest BCUT2D eigenvalue weighted by atomic mass is 9.93. The van der Waals surface area contributed by atoms with E-state index in [1.807, 2.05) is 25.1 Å². The number of carbonyl (C=O) groups excluding carboxylic acids is 1. The third-order valence-corrected chi connectivity index (χ3v) is 5.46. The highest BCUT2D eigenvalue weighted by Crippen LogP contribution is 2.34. The van der Waals surface area contributed by atoms with Gasteiger partial charge in [0.2, 0.25) is 0 Å². The summed E-state index contributed by atoms with van der Waals surface area (Å²) in [5.74, 6) is -0.360. The molecule has 1 aliphatic heterocycles. The van der Waals surface area contributed by atoms with Gasteiger partial charge in [-0.05, 0) is 55.4 Å². The van der Waals surface area contributed by atoms with Crippen LogP contribution in [0.5, 0.6) is 0 Å². The van der Waals surface area contributed by atoms with Crippen molar-refractivity contribution in [2.24, 2.45) is 0 Å². The molecule has 0 bridgehead atoms. The zero-order valence-corrected chi connectivity index (χ0v) is 17.9. The molecule has 8 heteroatoms. The summed E-state index contributed by atoms with van der Waals surface area (Å²) in [5, 5.41) is 6.38. The van der Waals surface area contributed by atoms with Crippen LogP contribution in [0.25, 0.3) is 0 Å². The van der Waals surface area contributed by atoms with Gasteiger partial charge in [-0.2, -0.15) is 13.2 Å². The van der Waals surface area contributed by atoms with Crippen molar-refractivity contribution in [2.75, 3.05) is 11.9 Å². The summed E-state index contributed by atoms with van der Waals surface area (Å²) >= 11 is 5.44. The molecule has 0 saturated heterocycles. The van der Waals surface area contributed by atoms with Crippen molar-refractivity contribution in [3.8, 4) is 0 Å². The molecule has 0 aromatic heterocycles. The molecule has 1 heterocycles. The number of hydrogen-bond donors (Lipinski definition) is 2. The largest absolute Gasteiger partial charge is 0.416 e. The molecular formula is C23H22F3N3OS. The molecule has 2 N–H and O–H groups in total. The van der Waals surface area contributed by atoms with Crippen LogP contribution in [0.3, 0.4) is 0 Å². The lowest BCUT2D eigenvalue weighted by Crippen LogP contribution is -2.48. The second-order valence-electron chi connectivity index (χ2n) is 7.17. The molecule has 2 aromatic rings. The van der Waals surface area contributed by atoms with Gasteiger partial charge in [0.25, 0.3) is 5.91 Å². The van der Waals surface area contributed by atoms with Crippen molar-refractivity contribution in [2.45, 2.75) is 26.1 Å². The number of nitrogens with zero attached hydrogens (tertiary/aromatic N) is 1. The van der Waals surface area contributed by atoms with E-state index in [0.717, 1.165) is 17.7 Å². The predicted molar refractivity (Wildman–Crippen MR) is 119 cm³/mol. The first-order chi connectivity index (χ1) is 14.6. The Balaban J connectivity index is 2.04. The van der Waals surface area contributed by atoms with E-state index >= 15 is 0 Å². The second-order valence-corrected chi connectivity index (χ2v) is 7.56. The van der Waals surface area contributed by atoms with Crippen LogP contribution in [0.1, 0.15) is 29.7 Å². The summed E-state index contributed by atoms with van der Waals surface area (Å²) in [6, 6.07) is 11.4. The summed E-state index contributed by atoms with van der Waals surface area (Å²) in [5.41, 5.74) is 2.28. The number of alkyl halides is 3. The SMILES string of the molecule is C=CCN1C(=S)N[C@H](c2ccc(C(F)(F)F)cc2)C(C(=O)Nc2ccccc2C)=C1C. The molecule has 162 valence electrons. The van der Waals surface area contributed by atoms with Crippen LogP contribution in [0.2, 0.25) is 0 Å². The van der Waals surface area contributed by atoms with Crippen LogP contribution < -0.4 is 10.6 Å². The van der Waals surface area contributed by atoms with Gasteiger partial charge in [0.15, 0.2) is 5.11 Å². The van der Waals surface area contributed by atoms with E-state index in [1.165, 1.54) is 12.1 Å². The lowest BCUT2D eigenvalue weighted by Gasteiger charge is -2.37. The average Bonchev–Trinajstić information content (AvgIpc) is 2.71. The van der Waals surface area contributed by atoms with Gasteiger partial charge in [-0.1, -0.05) is 36.4 Å². The quantitative estimate of drug-likeness (QED) is 0.482. The third-order valence-electron chi connectivity index (χ3n) is 5.12. The molecule has 0 radical (unpaired) electrons. The van der Waals surface area contributed by atoms with E-state index in [-0.39, 0.29) is 5.91 Å². The number of nitrogens with one attached hydrogen (secondary N) is 2. The summed E-state index contributed by atoms with van der Waals surface area (Å²) in [7, 11) is 0. The summed E-state index contributed by atoms with van der Waals surface area (Å²) in [6.45, 7) is 7.75. The highest BCUT2D eigenvalue weighted by molar-refractivity contribution is 7.80. The van der Waals surface area contributed by atoms with Gasteiger partial charge in [0.05, 0.1) is 17.2 Å². The molecule has 2 aromatic carbocycles. The van der Waals surface area contributed by atoms with Gasteiger partial charge >= 0.3 is 6.18 Å². The van der Waals surface area contributed by atoms with Crippen LogP contribution in [0.15, 0.2) is 72.5 Å². The smallest absolute Gasteiger partial charge is 0.351 e. The predicted octanol–water partition coefficient (Wildman–Crippen LogP) is 5.34. The summed E-state index contributed by atoms with van der Waals surface area (Å²) in [4.78, 5) is 15.0. The number of amides is 1. The normalized spacial score (nSPS) is 16.7. The van der Waals surface area contributed by atoms with Crippen LogP contribution in [0.4, 0.5) is 18.9 Å². The first-order valence-corrected chi connectivity index (χ1v) is 9.98. The fourth-order valence-electron chi connectivity index (χ4n) is 3.44. The monoisotopic (exact) mass is 445 g/mol.